The van der Waals surface area contributed by atoms with Gasteiger partial charge in [0.1, 0.15) is 5.82 Å². The summed E-state index contributed by atoms with van der Waals surface area (Å²) >= 11 is 0. The minimum Gasteiger partial charge on any atom is -0.481 e. The summed E-state index contributed by atoms with van der Waals surface area (Å²) in [6, 6.07) is 15.0. The Hall–Kier alpha value is -2.75. The number of fused-ring (bicyclic) bond motifs is 1. The van der Waals surface area contributed by atoms with Crippen molar-refractivity contribution in [3.05, 3.63) is 65.6 Å². The number of hydrogen-bond donors (Lipinski definition) is 1. The Morgan fingerprint density at radius 3 is 2.45 bits per heavy atom. The number of hydrogen-bond acceptors (Lipinski definition) is 2. The van der Waals surface area contributed by atoms with Gasteiger partial charge in [0.05, 0.1) is 5.52 Å². The lowest BCUT2D eigenvalue weighted by atomic mass is 9.90. The lowest BCUT2D eigenvalue weighted by Crippen LogP contribution is -2.02. The highest BCUT2D eigenvalue weighted by Gasteiger charge is 2.30. The van der Waals surface area contributed by atoms with E-state index in [0.29, 0.717) is 5.92 Å². The van der Waals surface area contributed by atoms with Crippen LogP contribution >= 0.6 is 0 Å². The number of carbonyl (C=O) groups is 1. The SMILES string of the molecule is O=C(O)CCCCCCc1c(C2CC2)nc2ccccc2c1-c1ccc(F)cc1. The molecule has 1 N–H and O–H groups in total. The molecule has 1 aromatic heterocycles. The van der Waals surface area contributed by atoms with Crippen molar-refractivity contribution in [2.24, 2.45) is 0 Å². The molecule has 29 heavy (non-hydrogen) atoms. The summed E-state index contributed by atoms with van der Waals surface area (Å²) in [6.45, 7) is 0. The number of carboxylic acid groups (broad SMARTS) is 1. The molecule has 0 unspecified atom stereocenters. The molecule has 4 heteroatoms. The van der Waals surface area contributed by atoms with Crippen molar-refractivity contribution >= 4 is 16.9 Å². The Bertz CT molecular complexity index is 1010. The lowest BCUT2D eigenvalue weighted by molar-refractivity contribution is -0.137. The normalized spacial score (nSPS) is 13.7. The van der Waals surface area contributed by atoms with E-state index < -0.39 is 5.97 Å². The van der Waals surface area contributed by atoms with Crippen LogP contribution in [0.25, 0.3) is 22.0 Å². The largest absolute Gasteiger partial charge is 0.481 e. The zero-order valence-electron chi connectivity index (χ0n) is 16.5. The Kier molecular flexibility index (Phi) is 5.89. The molecule has 0 bridgehead atoms. The van der Waals surface area contributed by atoms with Crippen LogP contribution in [0.2, 0.25) is 0 Å². The number of aromatic nitrogens is 1. The number of carboxylic acids is 1. The molecule has 1 aliphatic rings. The molecule has 0 atom stereocenters. The summed E-state index contributed by atoms with van der Waals surface area (Å²) in [5.74, 6) is -0.423. The Balaban J connectivity index is 1.68. The van der Waals surface area contributed by atoms with Gasteiger partial charge in [0.25, 0.3) is 0 Å². The predicted molar refractivity (Wildman–Crippen MR) is 114 cm³/mol. The Morgan fingerprint density at radius 2 is 1.72 bits per heavy atom. The van der Waals surface area contributed by atoms with Crippen molar-refractivity contribution in [2.75, 3.05) is 0 Å². The molecule has 0 spiro atoms. The van der Waals surface area contributed by atoms with E-state index in [9.17, 15) is 9.18 Å². The quantitative estimate of drug-likeness (QED) is 0.424. The molecule has 1 aliphatic carbocycles. The van der Waals surface area contributed by atoms with Gasteiger partial charge in [0.15, 0.2) is 0 Å². The van der Waals surface area contributed by atoms with Crippen LogP contribution in [0.4, 0.5) is 4.39 Å². The van der Waals surface area contributed by atoms with Gasteiger partial charge in [-0.05, 0) is 67.0 Å². The van der Waals surface area contributed by atoms with Gasteiger partial charge in [-0.25, -0.2) is 4.39 Å². The summed E-state index contributed by atoms with van der Waals surface area (Å²) < 4.78 is 13.6. The van der Waals surface area contributed by atoms with E-state index in [4.69, 9.17) is 10.1 Å². The molecular formula is C25H26FNO2. The molecule has 4 rings (SSSR count). The maximum absolute atomic E-state index is 13.6. The molecule has 1 saturated carbocycles. The van der Waals surface area contributed by atoms with Crippen LogP contribution in [-0.4, -0.2) is 16.1 Å². The molecule has 3 nitrogen and oxygen atoms in total. The van der Waals surface area contributed by atoms with E-state index in [2.05, 4.69) is 12.1 Å². The third-order valence-electron chi connectivity index (χ3n) is 5.69. The second-order valence-electron chi connectivity index (χ2n) is 7.96. The van der Waals surface area contributed by atoms with Crippen molar-refractivity contribution in [2.45, 2.75) is 57.3 Å². The maximum atomic E-state index is 13.6. The average molecular weight is 391 g/mol. The van der Waals surface area contributed by atoms with E-state index >= 15 is 0 Å². The molecular weight excluding hydrogens is 365 g/mol. The highest BCUT2D eigenvalue weighted by atomic mass is 19.1. The van der Waals surface area contributed by atoms with Crippen molar-refractivity contribution in [3.63, 3.8) is 0 Å². The van der Waals surface area contributed by atoms with Gasteiger partial charge in [-0.1, -0.05) is 43.2 Å². The lowest BCUT2D eigenvalue weighted by Gasteiger charge is -2.18. The number of nitrogens with zero attached hydrogens (tertiary/aromatic N) is 1. The van der Waals surface area contributed by atoms with Crippen LogP contribution in [0.1, 0.15) is 62.1 Å². The van der Waals surface area contributed by atoms with Crippen LogP contribution < -0.4 is 0 Å². The maximum Gasteiger partial charge on any atom is 0.303 e. The van der Waals surface area contributed by atoms with Gasteiger partial charge in [-0.15, -0.1) is 0 Å². The number of aliphatic carboxylic acids is 1. The molecule has 2 aromatic carbocycles. The predicted octanol–water partition coefficient (Wildman–Crippen LogP) is 6.50. The zero-order valence-corrected chi connectivity index (χ0v) is 16.5. The van der Waals surface area contributed by atoms with Crippen molar-refractivity contribution < 1.29 is 14.3 Å². The van der Waals surface area contributed by atoms with Crippen LogP contribution in [0.15, 0.2) is 48.5 Å². The number of pyridine rings is 1. The van der Waals surface area contributed by atoms with Crippen LogP contribution in [-0.2, 0) is 11.2 Å². The first-order valence-electron chi connectivity index (χ1n) is 10.5. The summed E-state index contributed by atoms with van der Waals surface area (Å²) in [5.41, 5.74) is 5.71. The average Bonchev–Trinajstić information content (AvgIpc) is 3.55. The fourth-order valence-electron chi connectivity index (χ4n) is 4.10. The Morgan fingerprint density at radius 1 is 1.00 bits per heavy atom. The van der Waals surface area contributed by atoms with Gasteiger partial charge >= 0.3 is 5.97 Å². The van der Waals surface area contributed by atoms with E-state index in [1.54, 1.807) is 0 Å². The van der Waals surface area contributed by atoms with Crippen molar-refractivity contribution in [1.29, 1.82) is 0 Å². The molecule has 1 heterocycles. The summed E-state index contributed by atoms with van der Waals surface area (Å²) in [4.78, 5) is 15.7. The molecule has 0 radical (unpaired) electrons. The fraction of sp³-hybridized carbons (Fsp3) is 0.360. The zero-order chi connectivity index (χ0) is 20.2. The highest BCUT2D eigenvalue weighted by molar-refractivity contribution is 5.96. The van der Waals surface area contributed by atoms with E-state index in [0.717, 1.165) is 48.6 Å². The van der Waals surface area contributed by atoms with Gasteiger partial charge in [-0.2, -0.15) is 0 Å². The van der Waals surface area contributed by atoms with E-state index in [1.165, 1.54) is 41.8 Å². The third kappa shape index (κ3) is 4.64. The van der Waals surface area contributed by atoms with Gasteiger partial charge < -0.3 is 5.11 Å². The van der Waals surface area contributed by atoms with Crippen LogP contribution in [0.3, 0.4) is 0 Å². The van der Waals surface area contributed by atoms with Crippen molar-refractivity contribution in [1.82, 2.24) is 4.98 Å². The number of para-hydroxylation sites is 1. The molecule has 150 valence electrons. The van der Waals surface area contributed by atoms with Gasteiger partial charge in [-0.3, -0.25) is 9.78 Å². The van der Waals surface area contributed by atoms with Gasteiger partial charge in [0, 0.05) is 23.4 Å². The topological polar surface area (TPSA) is 50.2 Å². The van der Waals surface area contributed by atoms with E-state index in [1.807, 2.05) is 24.3 Å². The first kappa shape index (κ1) is 19.6. The molecule has 0 aliphatic heterocycles. The third-order valence-corrected chi connectivity index (χ3v) is 5.69. The number of rotatable bonds is 9. The highest BCUT2D eigenvalue weighted by Crippen LogP contribution is 2.45. The smallest absolute Gasteiger partial charge is 0.303 e. The van der Waals surface area contributed by atoms with Crippen LogP contribution in [0, 0.1) is 5.82 Å². The molecule has 0 amide bonds. The molecule has 0 saturated heterocycles. The first-order chi connectivity index (χ1) is 14.1. The van der Waals surface area contributed by atoms with Gasteiger partial charge in [0.2, 0.25) is 0 Å². The minimum absolute atomic E-state index is 0.227. The number of halogens is 1. The Labute approximate surface area is 170 Å². The first-order valence-corrected chi connectivity index (χ1v) is 10.5. The minimum atomic E-state index is -0.724. The van der Waals surface area contributed by atoms with Crippen LogP contribution in [0.5, 0.6) is 0 Å². The summed E-state index contributed by atoms with van der Waals surface area (Å²) in [5, 5.41) is 9.92. The number of benzene rings is 2. The second-order valence-corrected chi connectivity index (χ2v) is 7.96. The second kappa shape index (κ2) is 8.73. The summed E-state index contributed by atoms with van der Waals surface area (Å²) in [7, 11) is 0. The standard InChI is InChI=1S/C25H26FNO2/c26-19-15-13-17(14-16-19)24-20-7-5-6-9-22(20)27-25(18-11-12-18)21(24)8-3-1-2-4-10-23(28)29/h5-7,9,13-16,18H,1-4,8,10-12H2,(H,28,29). The monoisotopic (exact) mass is 391 g/mol. The fourth-order valence-corrected chi connectivity index (χ4v) is 4.10. The summed E-state index contributed by atoms with van der Waals surface area (Å²) in [6.07, 6.45) is 7.19. The number of unbranched alkanes of at least 4 members (excludes halogenated alkanes) is 3. The van der Waals surface area contributed by atoms with E-state index in [-0.39, 0.29) is 12.2 Å². The molecule has 3 aromatic rings. The van der Waals surface area contributed by atoms with Crippen molar-refractivity contribution in [3.8, 4) is 11.1 Å². The molecule has 1 fully saturated rings.